The largest absolute Gasteiger partial charge is 0.369 e. The van der Waals surface area contributed by atoms with Crippen molar-refractivity contribution in [3.8, 4) is 0 Å². The highest BCUT2D eigenvalue weighted by molar-refractivity contribution is 6.08. The van der Waals surface area contributed by atoms with Gasteiger partial charge in [0.1, 0.15) is 0 Å². The van der Waals surface area contributed by atoms with Crippen molar-refractivity contribution < 1.29 is 4.79 Å². The van der Waals surface area contributed by atoms with Crippen molar-refractivity contribution in [3.05, 3.63) is 70.0 Å². The fourth-order valence-corrected chi connectivity index (χ4v) is 5.62. The van der Waals surface area contributed by atoms with E-state index in [0.717, 1.165) is 69.6 Å². The van der Waals surface area contributed by atoms with Crippen LogP contribution in [0.15, 0.2) is 63.8 Å². The van der Waals surface area contributed by atoms with Crippen molar-refractivity contribution in [1.82, 2.24) is 4.90 Å². The Balaban J connectivity index is 1.48. The lowest BCUT2D eigenvalue weighted by atomic mass is 9.90. The first-order valence-electron chi connectivity index (χ1n) is 13.0. The van der Waals surface area contributed by atoms with Gasteiger partial charge in [0.25, 0.3) is 0 Å². The summed E-state index contributed by atoms with van der Waals surface area (Å²) >= 11 is 0. The van der Waals surface area contributed by atoms with E-state index in [9.17, 15) is 4.79 Å². The molecule has 4 heteroatoms. The Hall–Kier alpha value is -2.72. The van der Waals surface area contributed by atoms with Crippen molar-refractivity contribution >= 4 is 23.3 Å². The summed E-state index contributed by atoms with van der Waals surface area (Å²) in [6.07, 6.45) is 14.4. The Morgan fingerprint density at radius 1 is 1.06 bits per heavy atom. The molecule has 1 unspecified atom stereocenters. The van der Waals surface area contributed by atoms with E-state index in [2.05, 4.69) is 73.2 Å². The van der Waals surface area contributed by atoms with Crippen LogP contribution < -0.4 is 4.90 Å². The Bertz CT molecular complexity index is 1130. The van der Waals surface area contributed by atoms with Crippen molar-refractivity contribution in [3.63, 3.8) is 0 Å². The number of benzene rings is 1. The number of ketones is 1. The van der Waals surface area contributed by atoms with Crippen LogP contribution in [-0.4, -0.2) is 49.6 Å². The van der Waals surface area contributed by atoms with E-state index in [4.69, 9.17) is 4.99 Å². The number of rotatable bonds is 3. The molecule has 1 fully saturated rings. The van der Waals surface area contributed by atoms with E-state index in [1.807, 2.05) is 0 Å². The number of fused-ring (bicyclic) bond motifs is 2. The molecule has 1 aromatic rings. The first-order valence-corrected chi connectivity index (χ1v) is 13.0. The van der Waals surface area contributed by atoms with Crippen molar-refractivity contribution in [2.75, 3.05) is 38.1 Å². The number of nitrogens with zero attached hydrogens (tertiary/aromatic N) is 3. The maximum absolute atomic E-state index is 13.3. The topological polar surface area (TPSA) is 35.9 Å². The van der Waals surface area contributed by atoms with Gasteiger partial charge in [-0.2, -0.15) is 0 Å². The maximum atomic E-state index is 13.3. The van der Waals surface area contributed by atoms with E-state index in [1.54, 1.807) is 0 Å². The molecular formula is C30H37N3O. The molecule has 5 rings (SSSR count). The third kappa shape index (κ3) is 4.74. The number of anilines is 1. The zero-order valence-corrected chi connectivity index (χ0v) is 20.9. The van der Waals surface area contributed by atoms with Crippen LogP contribution >= 0.6 is 0 Å². The Morgan fingerprint density at radius 2 is 1.88 bits per heavy atom. The zero-order valence-electron chi connectivity index (χ0n) is 20.9. The molecule has 1 atom stereocenters. The molecular weight excluding hydrogens is 418 g/mol. The number of carbonyl (C=O) groups is 1. The predicted molar refractivity (Wildman–Crippen MR) is 142 cm³/mol. The van der Waals surface area contributed by atoms with Gasteiger partial charge in [0.05, 0.1) is 5.70 Å². The first-order chi connectivity index (χ1) is 16.5. The molecule has 0 radical (unpaired) electrons. The highest BCUT2D eigenvalue weighted by atomic mass is 16.1. The summed E-state index contributed by atoms with van der Waals surface area (Å²) in [5.41, 5.74) is 9.26. The van der Waals surface area contributed by atoms with E-state index in [0.29, 0.717) is 12.3 Å². The summed E-state index contributed by atoms with van der Waals surface area (Å²) in [6.45, 7) is 8.70. The predicted octanol–water partition coefficient (Wildman–Crippen LogP) is 5.76. The van der Waals surface area contributed by atoms with Gasteiger partial charge in [-0.25, -0.2) is 0 Å². The maximum Gasteiger partial charge on any atom is 0.165 e. The van der Waals surface area contributed by atoms with Crippen LogP contribution in [0.5, 0.6) is 0 Å². The summed E-state index contributed by atoms with van der Waals surface area (Å²) in [4.78, 5) is 23.4. The van der Waals surface area contributed by atoms with Crippen LogP contribution in [0.2, 0.25) is 0 Å². The summed E-state index contributed by atoms with van der Waals surface area (Å²) in [7, 11) is 2.19. The van der Waals surface area contributed by atoms with E-state index < -0.39 is 0 Å². The monoisotopic (exact) mass is 455 g/mol. The second-order valence-corrected chi connectivity index (χ2v) is 10.2. The van der Waals surface area contributed by atoms with Crippen LogP contribution in [0.25, 0.3) is 6.08 Å². The fourth-order valence-electron chi connectivity index (χ4n) is 5.62. The van der Waals surface area contributed by atoms with Gasteiger partial charge in [-0.15, -0.1) is 0 Å². The molecule has 1 saturated heterocycles. The van der Waals surface area contributed by atoms with Crippen LogP contribution in [0, 0.1) is 5.92 Å². The average molecular weight is 456 g/mol. The van der Waals surface area contributed by atoms with Crippen LogP contribution in [0.3, 0.4) is 0 Å². The molecule has 4 nitrogen and oxygen atoms in total. The minimum absolute atomic E-state index is 0.219. The van der Waals surface area contributed by atoms with Gasteiger partial charge in [-0.3, -0.25) is 9.79 Å². The minimum Gasteiger partial charge on any atom is -0.369 e. The van der Waals surface area contributed by atoms with Crippen LogP contribution in [0.1, 0.15) is 57.1 Å². The number of hydrogen-bond acceptors (Lipinski definition) is 4. The lowest BCUT2D eigenvalue weighted by Gasteiger charge is -2.34. The molecule has 34 heavy (non-hydrogen) atoms. The van der Waals surface area contributed by atoms with Crippen LogP contribution in [0.4, 0.5) is 5.69 Å². The number of aliphatic imine (C=N–C) groups is 1. The Morgan fingerprint density at radius 3 is 2.68 bits per heavy atom. The molecule has 178 valence electrons. The second-order valence-electron chi connectivity index (χ2n) is 10.2. The number of hydrogen-bond donors (Lipinski definition) is 0. The number of aryl methyl sites for hydroxylation is 1. The van der Waals surface area contributed by atoms with Crippen molar-refractivity contribution in [2.45, 2.75) is 52.4 Å². The molecule has 0 N–H and O–H groups in total. The average Bonchev–Trinajstić information content (AvgIpc) is 3.21. The summed E-state index contributed by atoms with van der Waals surface area (Å²) < 4.78 is 0. The number of piperazine rings is 1. The highest BCUT2D eigenvalue weighted by Crippen LogP contribution is 2.34. The van der Waals surface area contributed by atoms with Gasteiger partial charge >= 0.3 is 0 Å². The Kier molecular flexibility index (Phi) is 6.69. The summed E-state index contributed by atoms with van der Waals surface area (Å²) in [5, 5.41) is 0. The number of carbonyl (C=O) groups excluding carboxylic acids is 1. The molecule has 0 aromatic heterocycles. The quantitative estimate of drug-likeness (QED) is 0.581. The first kappa shape index (κ1) is 23.0. The molecule has 2 aliphatic carbocycles. The number of likely N-dealkylation sites (N-methyl/N-ethyl adjacent to an activating group) is 1. The number of allylic oxidation sites excluding steroid dienone is 6. The molecule has 2 aliphatic heterocycles. The van der Waals surface area contributed by atoms with Crippen molar-refractivity contribution in [2.24, 2.45) is 10.9 Å². The van der Waals surface area contributed by atoms with Gasteiger partial charge < -0.3 is 9.80 Å². The smallest absolute Gasteiger partial charge is 0.165 e. The normalized spacial score (nSPS) is 23.9. The summed E-state index contributed by atoms with van der Waals surface area (Å²) in [5.74, 6) is 0.661. The molecule has 0 amide bonds. The molecule has 1 aromatic carbocycles. The minimum atomic E-state index is 0.219. The highest BCUT2D eigenvalue weighted by Gasteiger charge is 2.26. The zero-order chi connectivity index (χ0) is 23.7. The van der Waals surface area contributed by atoms with Gasteiger partial charge in [0.15, 0.2) is 5.78 Å². The molecule has 4 aliphatic rings. The second kappa shape index (κ2) is 9.87. The fraction of sp³-hybridized carbons (Fsp3) is 0.467. The SMILES string of the molecule is CCC1=CC(C)=CCC2CCC=C(C3=Cc4ccc(N5CCN(C)CC5)cc4CCC3=O)N=C12. The van der Waals surface area contributed by atoms with Crippen LogP contribution in [-0.2, 0) is 11.2 Å². The van der Waals surface area contributed by atoms with Gasteiger partial charge in [0, 0.05) is 55.5 Å². The lowest BCUT2D eigenvalue weighted by molar-refractivity contribution is -0.115. The number of Topliss-reactive ketones (excluding diaryl/α,β-unsaturated/α-hetero) is 1. The molecule has 0 bridgehead atoms. The third-order valence-corrected chi connectivity index (χ3v) is 7.81. The molecule has 0 spiro atoms. The molecule has 2 heterocycles. The molecule has 0 saturated carbocycles. The van der Waals surface area contributed by atoms with E-state index >= 15 is 0 Å². The van der Waals surface area contributed by atoms with Gasteiger partial charge in [-0.05, 0) is 81.0 Å². The van der Waals surface area contributed by atoms with E-state index in [1.165, 1.54) is 33.7 Å². The van der Waals surface area contributed by atoms with Crippen molar-refractivity contribution in [1.29, 1.82) is 0 Å². The Labute approximate surface area is 204 Å². The van der Waals surface area contributed by atoms with E-state index in [-0.39, 0.29) is 5.78 Å². The standard InChI is InChI=1S/C30H37N3O/c1-4-22-18-21(2)8-9-23-6-5-7-28(31-30(22)23)27-20-25-10-12-26(19-24(25)11-13-29(27)34)33-16-14-32(3)15-17-33/h7-8,10,12,18-20,23H,4-6,9,11,13-17H2,1-3H3. The third-order valence-electron chi connectivity index (χ3n) is 7.81. The van der Waals surface area contributed by atoms with Gasteiger partial charge in [0.2, 0.25) is 0 Å². The lowest BCUT2D eigenvalue weighted by Crippen LogP contribution is -2.44. The summed E-state index contributed by atoms with van der Waals surface area (Å²) in [6, 6.07) is 6.76. The van der Waals surface area contributed by atoms with Gasteiger partial charge in [-0.1, -0.05) is 36.8 Å².